The van der Waals surface area contributed by atoms with E-state index in [4.69, 9.17) is 14.2 Å². The highest BCUT2D eigenvalue weighted by Crippen LogP contribution is 2.34. The fourth-order valence-electron chi connectivity index (χ4n) is 3.67. The number of hydrogen-bond donors (Lipinski definition) is 1. The van der Waals surface area contributed by atoms with E-state index in [0.29, 0.717) is 37.6 Å². The number of hydrogen-bond acceptors (Lipinski definition) is 5. The van der Waals surface area contributed by atoms with Crippen LogP contribution in [0.15, 0.2) is 36.4 Å². The Hall–Kier alpha value is -1.93. The van der Waals surface area contributed by atoms with E-state index in [1.807, 2.05) is 23.1 Å². The summed E-state index contributed by atoms with van der Waals surface area (Å²) in [7, 11) is 1.63. The molecule has 8 heteroatoms. The maximum atomic E-state index is 13.6. The summed E-state index contributed by atoms with van der Waals surface area (Å²) >= 11 is 0. The van der Waals surface area contributed by atoms with Crippen molar-refractivity contribution in [3.63, 3.8) is 0 Å². The Bertz CT molecular complexity index is 891. The molecule has 178 valence electrons. The zero-order valence-corrected chi connectivity index (χ0v) is 19.8. The molecule has 2 atom stereocenters. The predicted molar refractivity (Wildman–Crippen MR) is 122 cm³/mol. The van der Waals surface area contributed by atoms with E-state index < -0.39 is 17.7 Å². The van der Waals surface area contributed by atoms with Crippen molar-refractivity contribution >= 4 is 12.4 Å². The molecule has 1 heterocycles. The van der Waals surface area contributed by atoms with Gasteiger partial charge in [-0.3, -0.25) is 4.90 Å². The van der Waals surface area contributed by atoms with E-state index in [2.05, 4.69) is 20.8 Å². The van der Waals surface area contributed by atoms with Crippen molar-refractivity contribution in [2.45, 2.75) is 38.4 Å². The number of benzene rings is 2. The lowest BCUT2D eigenvalue weighted by atomic mass is 9.86. The summed E-state index contributed by atoms with van der Waals surface area (Å²) in [6.45, 7) is 8.40. The molecule has 0 aromatic heterocycles. The first-order valence-corrected chi connectivity index (χ1v) is 10.5. The Morgan fingerprint density at radius 3 is 2.56 bits per heavy atom. The number of rotatable bonds is 7. The van der Waals surface area contributed by atoms with Crippen molar-refractivity contribution in [2.24, 2.45) is 0 Å². The highest BCUT2D eigenvalue weighted by molar-refractivity contribution is 5.85. The Kier molecular flexibility index (Phi) is 9.28. The molecule has 2 aromatic rings. The molecule has 1 aliphatic heterocycles. The maximum Gasteiger partial charge on any atom is 0.159 e. The lowest BCUT2D eigenvalue weighted by Gasteiger charge is -2.34. The van der Waals surface area contributed by atoms with Gasteiger partial charge in [0.1, 0.15) is 24.2 Å². The molecule has 0 saturated carbocycles. The van der Waals surface area contributed by atoms with E-state index in [9.17, 15) is 13.9 Å². The largest absolute Gasteiger partial charge is 0.497 e. The van der Waals surface area contributed by atoms with Gasteiger partial charge in [0.05, 0.1) is 19.8 Å². The van der Waals surface area contributed by atoms with Crippen LogP contribution in [0.2, 0.25) is 0 Å². The first kappa shape index (κ1) is 26.3. The molecule has 5 nitrogen and oxygen atoms in total. The summed E-state index contributed by atoms with van der Waals surface area (Å²) in [6.07, 6.45) is -1.08. The minimum Gasteiger partial charge on any atom is -0.497 e. The van der Waals surface area contributed by atoms with Crippen LogP contribution < -0.4 is 9.47 Å². The number of morpholine rings is 1. The van der Waals surface area contributed by atoms with Crippen molar-refractivity contribution < 1.29 is 28.1 Å². The highest BCUT2D eigenvalue weighted by atomic mass is 35.5. The Labute approximate surface area is 194 Å². The van der Waals surface area contributed by atoms with Gasteiger partial charge < -0.3 is 19.3 Å². The fourth-order valence-corrected chi connectivity index (χ4v) is 3.67. The lowest BCUT2D eigenvalue weighted by molar-refractivity contribution is -0.0461. The minimum atomic E-state index is -0.888. The van der Waals surface area contributed by atoms with E-state index in [1.54, 1.807) is 7.11 Å². The third kappa shape index (κ3) is 6.78. The zero-order valence-electron chi connectivity index (χ0n) is 18.9. The predicted octanol–water partition coefficient (Wildman–Crippen LogP) is 4.51. The summed E-state index contributed by atoms with van der Waals surface area (Å²) in [4.78, 5) is 2.04. The highest BCUT2D eigenvalue weighted by Gasteiger charge is 2.25. The SMILES string of the molecule is COc1ccc(OCC(O)CN2CCOC(c3ccc(F)c(F)c3)C2)c(C(C)(C)C)c1.Cl. The van der Waals surface area contributed by atoms with Crippen LogP contribution in [0.3, 0.4) is 0 Å². The molecular weight excluding hydrogens is 440 g/mol. The van der Waals surface area contributed by atoms with Crippen molar-refractivity contribution in [1.82, 2.24) is 4.90 Å². The van der Waals surface area contributed by atoms with Crippen LogP contribution in [0, 0.1) is 11.6 Å². The third-order valence-corrected chi connectivity index (χ3v) is 5.36. The van der Waals surface area contributed by atoms with Gasteiger partial charge >= 0.3 is 0 Å². The molecular formula is C24H32ClF2NO4. The van der Waals surface area contributed by atoms with E-state index >= 15 is 0 Å². The molecule has 0 amide bonds. The molecule has 1 fully saturated rings. The second kappa shape index (κ2) is 11.3. The van der Waals surface area contributed by atoms with E-state index in [0.717, 1.165) is 17.4 Å². The van der Waals surface area contributed by atoms with Gasteiger partial charge in [0.25, 0.3) is 0 Å². The second-order valence-electron chi connectivity index (χ2n) is 8.87. The lowest BCUT2D eigenvalue weighted by Crippen LogP contribution is -2.43. The molecule has 0 aliphatic carbocycles. The smallest absolute Gasteiger partial charge is 0.159 e. The van der Waals surface area contributed by atoms with Crippen LogP contribution in [0.5, 0.6) is 11.5 Å². The standard InChI is InChI=1S/C24H31F2NO4.ClH/c1-24(2,3)19-12-18(29-4)6-8-22(19)31-15-17(28)13-27-9-10-30-23(14-27)16-5-7-20(25)21(26)11-16;/h5-8,11-12,17,23,28H,9-10,13-15H2,1-4H3;1H. The molecule has 0 spiro atoms. The van der Waals surface area contributed by atoms with Crippen molar-refractivity contribution in [3.8, 4) is 11.5 Å². The summed E-state index contributed by atoms with van der Waals surface area (Å²) in [5.41, 5.74) is 1.45. The summed E-state index contributed by atoms with van der Waals surface area (Å²) in [5.74, 6) is -0.290. The quantitative estimate of drug-likeness (QED) is 0.644. The minimum absolute atomic E-state index is 0. The molecule has 1 saturated heterocycles. The second-order valence-corrected chi connectivity index (χ2v) is 8.87. The monoisotopic (exact) mass is 471 g/mol. The maximum absolute atomic E-state index is 13.6. The van der Waals surface area contributed by atoms with Crippen LogP contribution in [-0.2, 0) is 10.2 Å². The van der Waals surface area contributed by atoms with Gasteiger partial charge in [0.2, 0.25) is 0 Å². The van der Waals surface area contributed by atoms with Gasteiger partial charge in [-0.25, -0.2) is 8.78 Å². The number of methoxy groups -OCH3 is 1. The van der Waals surface area contributed by atoms with Crippen LogP contribution in [0.1, 0.15) is 38.0 Å². The van der Waals surface area contributed by atoms with E-state index in [1.165, 1.54) is 12.1 Å². The van der Waals surface area contributed by atoms with Crippen LogP contribution in [-0.4, -0.2) is 56.1 Å². The van der Waals surface area contributed by atoms with Gasteiger partial charge in [0, 0.05) is 25.2 Å². The number of nitrogens with zero attached hydrogens (tertiary/aromatic N) is 1. The van der Waals surface area contributed by atoms with Gasteiger partial charge in [0.15, 0.2) is 11.6 Å². The van der Waals surface area contributed by atoms with Crippen LogP contribution in [0.4, 0.5) is 8.78 Å². The number of halogens is 3. The first-order valence-electron chi connectivity index (χ1n) is 10.5. The average molecular weight is 472 g/mol. The Morgan fingerprint density at radius 1 is 1.16 bits per heavy atom. The average Bonchev–Trinajstić information content (AvgIpc) is 2.73. The molecule has 3 rings (SSSR count). The summed E-state index contributed by atoms with van der Waals surface area (Å²) < 4.78 is 43.8. The molecule has 2 unspecified atom stereocenters. The van der Waals surface area contributed by atoms with Gasteiger partial charge in [-0.2, -0.15) is 0 Å². The first-order chi connectivity index (χ1) is 14.7. The molecule has 0 bridgehead atoms. The number of β-amino-alcohol motifs (C(OH)–C–C–N with tert-alkyl or cyclic N) is 1. The van der Waals surface area contributed by atoms with Gasteiger partial charge in [-0.15, -0.1) is 12.4 Å². The zero-order chi connectivity index (χ0) is 22.6. The molecule has 1 N–H and O–H groups in total. The van der Waals surface area contributed by atoms with Crippen LogP contribution in [0.25, 0.3) is 0 Å². The molecule has 32 heavy (non-hydrogen) atoms. The Balaban J connectivity index is 0.00000363. The number of ether oxygens (including phenoxy) is 3. The summed E-state index contributed by atoms with van der Waals surface area (Å²) in [6, 6.07) is 9.46. The van der Waals surface area contributed by atoms with E-state index in [-0.39, 0.29) is 30.5 Å². The van der Waals surface area contributed by atoms with Crippen LogP contribution >= 0.6 is 12.4 Å². The number of aliphatic hydroxyl groups excluding tert-OH is 1. The van der Waals surface area contributed by atoms with Crippen molar-refractivity contribution in [2.75, 3.05) is 40.0 Å². The Morgan fingerprint density at radius 2 is 1.91 bits per heavy atom. The van der Waals surface area contributed by atoms with Gasteiger partial charge in [-0.1, -0.05) is 26.8 Å². The third-order valence-electron chi connectivity index (χ3n) is 5.36. The normalized spacial score (nSPS) is 18.0. The fraction of sp³-hybridized carbons (Fsp3) is 0.500. The van der Waals surface area contributed by atoms with Crippen molar-refractivity contribution in [1.29, 1.82) is 0 Å². The summed E-state index contributed by atoms with van der Waals surface area (Å²) in [5, 5.41) is 10.6. The molecule has 1 aliphatic rings. The van der Waals surface area contributed by atoms with Gasteiger partial charge in [-0.05, 0) is 41.3 Å². The molecule has 0 radical (unpaired) electrons. The topological polar surface area (TPSA) is 51.2 Å². The van der Waals surface area contributed by atoms with Crippen molar-refractivity contribution in [3.05, 3.63) is 59.2 Å². The number of aliphatic hydroxyl groups is 1. The molecule has 2 aromatic carbocycles.